The maximum Gasteiger partial charge on any atom is 0.237 e. The van der Waals surface area contributed by atoms with Gasteiger partial charge in [0.25, 0.3) is 0 Å². The van der Waals surface area contributed by atoms with E-state index >= 15 is 0 Å². The summed E-state index contributed by atoms with van der Waals surface area (Å²) in [5.41, 5.74) is -0.854. The molecule has 0 aromatic heterocycles. The molecule has 0 unspecified atom stereocenters. The zero-order valence-electron chi connectivity index (χ0n) is 19.7. The SMILES string of the molecule is C#CC(=O)[C@@]1(CCCC)CC[C@]2(CC[C@H](C)[C@@H](CCO[Si](C)(C)C(C)(C)C)O2)O1. The van der Waals surface area contributed by atoms with E-state index in [4.69, 9.17) is 20.3 Å². The van der Waals surface area contributed by atoms with E-state index in [1.54, 1.807) is 0 Å². The molecule has 2 aliphatic heterocycles. The Hall–Kier alpha value is -0.673. The fourth-order valence-corrected chi connectivity index (χ4v) is 5.29. The molecule has 0 radical (unpaired) electrons. The van der Waals surface area contributed by atoms with Gasteiger partial charge in [0.15, 0.2) is 14.1 Å². The van der Waals surface area contributed by atoms with Crippen molar-refractivity contribution >= 4 is 14.1 Å². The van der Waals surface area contributed by atoms with Crippen LogP contribution >= 0.6 is 0 Å². The van der Waals surface area contributed by atoms with E-state index in [1.807, 2.05) is 0 Å². The maximum atomic E-state index is 12.6. The van der Waals surface area contributed by atoms with Crippen molar-refractivity contribution in [3.63, 3.8) is 0 Å². The number of ketones is 1. The second-order valence-electron chi connectivity index (χ2n) is 10.7. The summed E-state index contributed by atoms with van der Waals surface area (Å²) in [5.74, 6) is 1.91. The number of hydrogen-bond donors (Lipinski definition) is 0. The summed E-state index contributed by atoms with van der Waals surface area (Å²) >= 11 is 0. The molecule has 166 valence electrons. The predicted octanol–water partition coefficient (Wildman–Crippen LogP) is 5.85. The lowest BCUT2D eigenvalue weighted by molar-refractivity contribution is -0.295. The zero-order chi connectivity index (χ0) is 21.9. The number of hydrogen-bond acceptors (Lipinski definition) is 4. The van der Waals surface area contributed by atoms with Crippen LogP contribution in [-0.4, -0.2) is 38.2 Å². The molecule has 2 fully saturated rings. The standard InChI is InChI=1S/C24H42O4Si/c1-9-11-14-23(21(25)10-2)16-17-24(28-23)15-12-19(3)20(27-24)13-18-26-29(7,8)22(4,5)6/h2,19-20H,9,11-18H2,1,3-8H3/t19-,20+,23+,24-/m0/s1. The predicted molar refractivity (Wildman–Crippen MR) is 120 cm³/mol. The molecule has 0 aliphatic carbocycles. The molecule has 0 bridgehead atoms. The minimum Gasteiger partial charge on any atom is -0.417 e. The molecule has 4 nitrogen and oxygen atoms in total. The molecule has 29 heavy (non-hydrogen) atoms. The average molecular weight is 423 g/mol. The molecule has 2 rings (SSSR count). The first-order valence-corrected chi connectivity index (χ1v) is 14.3. The van der Waals surface area contributed by atoms with Gasteiger partial charge in [-0.1, -0.05) is 47.5 Å². The molecule has 2 saturated heterocycles. The van der Waals surface area contributed by atoms with E-state index in [9.17, 15) is 4.79 Å². The fraction of sp³-hybridized carbons (Fsp3) is 0.875. The van der Waals surface area contributed by atoms with Gasteiger partial charge in [-0.15, -0.1) is 6.42 Å². The third kappa shape index (κ3) is 5.52. The molecular formula is C24H42O4Si. The normalized spacial score (nSPS) is 33.0. The molecule has 0 amide bonds. The topological polar surface area (TPSA) is 44.8 Å². The highest BCUT2D eigenvalue weighted by atomic mass is 28.4. The van der Waals surface area contributed by atoms with E-state index in [0.717, 1.165) is 38.5 Å². The molecule has 0 aromatic rings. The number of ether oxygens (including phenoxy) is 2. The third-order valence-corrected chi connectivity index (χ3v) is 12.0. The lowest BCUT2D eigenvalue weighted by Gasteiger charge is -2.43. The Balaban J connectivity index is 2.03. The highest BCUT2D eigenvalue weighted by Crippen LogP contribution is 2.49. The van der Waals surface area contributed by atoms with Gasteiger partial charge in [0, 0.05) is 19.4 Å². The van der Waals surface area contributed by atoms with E-state index in [0.29, 0.717) is 25.4 Å². The Morgan fingerprint density at radius 2 is 1.97 bits per heavy atom. The summed E-state index contributed by atoms with van der Waals surface area (Å²) in [6.45, 7) is 16.4. The number of terminal acetylenes is 1. The van der Waals surface area contributed by atoms with Gasteiger partial charge >= 0.3 is 0 Å². The second-order valence-corrected chi connectivity index (χ2v) is 15.5. The monoisotopic (exact) mass is 422 g/mol. The van der Waals surface area contributed by atoms with Gasteiger partial charge in [-0.3, -0.25) is 4.79 Å². The Labute approximate surface area is 179 Å². The van der Waals surface area contributed by atoms with Crippen LogP contribution in [0, 0.1) is 18.3 Å². The molecule has 4 atom stereocenters. The van der Waals surface area contributed by atoms with E-state index in [2.05, 4.69) is 53.6 Å². The Kier molecular flexibility index (Phi) is 7.82. The molecular weight excluding hydrogens is 380 g/mol. The molecule has 1 spiro atoms. The minimum absolute atomic E-state index is 0.0939. The highest BCUT2D eigenvalue weighted by molar-refractivity contribution is 6.74. The van der Waals surface area contributed by atoms with Gasteiger partial charge in [0.05, 0.1) is 6.10 Å². The quantitative estimate of drug-likeness (QED) is 0.279. The van der Waals surface area contributed by atoms with Gasteiger partial charge in [0.2, 0.25) is 5.78 Å². The fourth-order valence-electron chi connectivity index (χ4n) is 4.23. The van der Waals surface area contributed by atoms with Crippen molar-refractivity contribution in [1.82, 2.24) is 0 Å². The largest absolute Gasteiger partial charge is 0.417 e. The minimum atomic E-state index is -1.76. The number of carbonyl (C=O) groups is 1. The first-order chi connectivity index (χ1) is 13.4. The van der Waals surface area contributed by atoms with Crippen molar-refractivity contribution < 1.29 is 18.7 Å². The molecule has 0 aromatic carbocycles. The average Bonchev–Trinajstić information content (AvgIpc) is 3.01. The lowest BCUT2D eigenvalue weighted by Crippen LogP contribution is -2.48. The number of rotatable bonds is 8. The molecule has 0 N–H and O–H groups in total. The van der Waals surface area contributed by atoms with Crippen molar-refractivity contribution in [2.45, 2.75) is 122 Å². The summed E-state index contributed by atoms with van der Waals surface area (Å²) in [5, 5.41) is 0.205. The molecule has 2 heterocycles. The van der Waals surface area contributed by atoms with E-state index in [-0.39, 0.29) is 16.9 Å². The number of carbonyl (C=O) groups excluding carboxylic acids is 1. The van der Waals surface area contributed by atoms with Crippen LogP contribution in [0.1, 0.15) is 86.0 Å². The van der Waals surface area contributed by atoms with E-state index < -0.39 is 19.7 Å². The van der Waals surface area contributed by atoms with Crippen LogP contribution in [0.4, 0.5) is 0 Å². The first-order valence-electron chi connectivity index (χ1n) is 11.4. The Bertz CT molecular complexity index is 617. The summed E-state index contributed by atoms with van der Waals surface area (Å²) in [7, 11) is -1.76. The van der Waals surface area contributed by atoms with Crippen LogP contribution in [0.25, 0.3) is 0 Å². The molecule has 0 saturated carbocycles. The zero-order valence-corrected chi connectivity index (χ0v) is 20.7. The van der Waals surface area contributed by atoms with Crippen LogP contribution in [-0.2, 0) is 18.7 Å². The van der Waals surface area contributed by atoms with Crippen molar-refractivity contribution in [1.29, 1.82) is 0 Å². The van der Waals surface area contributed by atoms with Crippen LogP contribution in [0.2, 0.25) is 18.1 Å². The molecule has 5 heteroatoms. The van der Waals surface area contributed by atoms with Gasteiger partial charge in [-0.05, 0) is 55.7 Å². The summed E-state index contributed by atoms with van der Waals surface area (Å²) < 4.78 is 19.4. The number of Topliss-reactive ketones (excluding diaryl/α,β-unsaturated/α-hetero) is 1. The summed E-state index contributed by atoms with van der Waals surface area (Å²) in [6.07, 6.45) is 12.4. The van der Waals surface area contributed by atoms with Gasteiger partial charge < -0.3 is 13.9 Å². The third-order valence-electron chi connectivity index (χ3n) is 7.42. The van der Waals surface area contributed by atoms with Crippen LogP contribution < -0.4 is 0 Å². The molecule has 2 aliphatic rings. The van der Waals surface area contributed by atoms with Crippen molar-refractivity contribution in [2.75, 3.05) is 6.61 Å². The van der Waals surface area contributed by atoms with Crippen LogP contribution in [0.15, 0.2) is 0 Å². The highest BCUT2D eigenvalue weighted by Gasteiger charge is 2.55. The van der Waals surface area contributed by atoms with Crippen LogP contribution in [0.5, 0.6) is 0 Å². The van der Waals surface area contributed by atoms with Crippen LogP contribution in [0.3, 0.4) is 0 Å². The Morgan fingerprint density at radius 3 is 2.55 bits per heavy atom. The van der Waals surface area contributed by atoms with Crippen molar-refractivity contribution in [3.05, 3.63) is 0 Å². The Morgan fingerprint density at radius 1 is 1.28 bits per heavy atom. The second kappa shape index (κ2) is 9.22. The van der Waals surface area contributed by atoms with Gasteiger partial charge in [0.1, 0.15) is 5.60 Å². The first kappa shape index (κ1) is 24.6. The van der Waals surface area contributed by atoms with Crippen molar-refractivity contribution in [2.24, 2.45) is 5.92 Å². The maximum absolute atomic E-state index is 12.6. The van der Waals surface area contributed by atoms with Gasteiger partial charge in [-0.25, -0.2) is 0 Å². The lowest BCUT2D eigenvalue weighted by atomic mass is 9.87. The number of unbranched alkanes of at least 4 members (excludes halogenated alkanes) is 1. The van der Waals surface area contributed by atoms with E-state index in [1.165, 1.54) is 0 Å². The van der Waals surface area contributed by atoms with Gasteiger partial charge in [-0.2, -0.15) is 0 Å². The van der Waals surface area contributed by atoms with Crippen molar-refractivity contribution in [3.8, 4) is 12.3 Å². The smallest absolute Gasteiger partial charge is 0.237 e. The summed E-state index contributed by atoms with van der Waals surface area (Å²) in [6, 6.07) is 0. The summed E-state index contributed by atoms with van der Waals surface area (Å²) in [4.78, 5) is 12.6.